The van der Waals surface area contributed by atoms with Crippen molar-refractivity contribution in [3.8, 4) is 11.5 Å². The van der Waals surface area contributed by atoms with Gasteiger partial charge in [0.1, 0.15) is 5.75 Å². The molecule has 39 heavy (non-hydrogen) atoms. The molecule has 0 spiro atoms. The molecule has 196 valence electrons. The molecule has 0 aliphatic carbocycles. The Labute approximate surface area is 228 Å². The highest BCUT2D eigenvalue weighted by Crippen LogP contribution is 2.37. The van der Waals surface area contributed by atoms with Gasteiger partial charge in [0.05, 0.1) is 15.5 Å². The van der Waals surface area contributed by atoms with E-state index < -0.39 is 23.3 Å². The van der Waals surface area contributed by atoms with E-state index in [1.807, 2.05) is 19.1 Å². The number of amides is 1. The van der Waals surface area contributed by atoms with Gasteiger partial charge >= 0.3 is 11.7 Å². The molecule has 0 saturated carbocycles. The molecule has 4 rings (SSSR count). The third-order valence-electron chi connectivity index (χ3n) is 5.57. The molecule has 0 saturated heterocycles. The van der Waals surface area contributed by atoms with E-state index in [9.17, 15) is 24.5 Å². The van der Waals surface area contributed by atoms with Gasteiger partial charge in [0, 0.05) is 22.9 Å². The SMILES string of the molecule is Cc1ccc(C(=O)Nc2ccc(C(=O)OCC(=O)c3ccc(Oc4c(Cl)cccc4[N+](=O)[O-])cc3)cc2)cc1. The number of halogens is 1. The van der Waals surface area contributed by atoms with E-state index in [4.69, 9.17) is 21.1 Å². The number of ether oxygens (including phenoxy) is 2. The van der Waals surface area contributed by atoms with Gasteiger partial charge in [0.25, 0.3) is 5.91 Å². The first-order chi connectivity index (χ1) is 18.7. The Balaban J connectivity index is 1.31. The first-order valence-corrected chi connectivity index (χ1v) is 12.0. The highest BCUT2D eigenvalue weighted by molar-refractivity contribution is 6.32. The van der Waals surface area contributed by atoms with Gasteiger partial charge in [0.15, 0.2) is 12.4 Å². The second kappa shape index (κ2) is 12.0. The number of ketones is 1. The molecule has 0 atom stereocenters. The quantitative estimate of drug-likeness (QED) is 0.108. The highest BCUT2D eigenvalue weighted by atomic mass is 35.5. The third-order valence-corrected chi connectivity index (χ3v) is 5.86. The number of aryl methyl sites for hydroxylation is 1. The van der Waals surface area contributed by atoms with E-state index >= 15 is 0 Å². The fourth-order valence-corrected chi connectivity index (χ4v) is 3.67. The van der Waals surface area contributed by atoms with Crippen molar-refractivity contribution in [2.75, 3.05) is 11.9 Å². The molecule has 0 bridgehead atoms. The number of hydrogen-bond acceptors (Lipinski definition) is 7. The van der Waals surface area contributed by atoms with Gasteiger partial charge in [-0.05, 0) is 73.7 Å². The first kappa shape index (κ1) is 27.0. The van der Waals surface area contributed by atoms with E-state index in [0.29, 0.717) is 11.3 Å². The minimum Gasteiger partial charge on any atom is -0.454 e. The van der Waals surface area contributed by atoms with Crippen LogP contribution in [-0.4, -0.2) is 29.2 Å². The molecular formula is C29H21ClN2O7. The summed E-state index contributed by atoms with van der Waals surface area (Å²) in [5.41, 5.74) is 2.21. The van der Waals surface area contributed by atoms with Gasteiger partial charge in [-0.15, -0.1) is 0 Å². The fraction of sp³-hybridized carbons (Fsp3) is 0.0690. The van der Waals surface area contributed by atoms with Crippen LogP contribution in [0.1, 0.15) is 36.6 Å². The monoisotopic (exact) mass is 544 g/mol. The summed E-state index contributed by atoms with van der Waals surface area (Å²) in [6.07, 6.45) is 0. The Bertz CT molecular complexity index is 1530. The van der Waals surface area contributed by atoms with E-state index in [-0.39, 0.29) is 39.2 Å². The number of para-hydroxylation sites is 1. The summed E-state index contributed by atoms with van der Waals surface area (Å²) in [6, 6.07) is 23.2. The van der Waals surface area contributed by atoms with Crippen LogP contribution in [0.5, 0.6) is 11.5 Å². The van der Waals surface area contributed by atoms with Gasteiger partial charge < -0.3 is 14.8 Å². The maximum absolute atomic E-state index is 12.5. The molecule has 0 unspecified atom stereocenters. The molecule has 0 radical (unpaired) electrons. The van der Waals surface area contributed by atoms with Crippen molar-refractivity contribution in [3.05, 3.63) is 128 Å². The predicted octanol–water partition coefficient (Wildman–Crippen LogP) is 6.64. The number of carbonyl (C=O) groups excluding carboxylic acids is 3. The van der Waals surface area contributed by atoms with Crippen molar-refractivity contribution >= 4 is 40.6 Å². The second-order valence-corrected chi connectivity index (χ2v) is 8.78. The molecule has 10 heteroatoms. The van der Waals surface area contributed by atoms with E-state index in [2.05, 4.69) is 5.32 Å². The normalized spacial score (nSPS) is 10.4. The zero-order valence-corrected chi connectivity index (χ0v) is 21.3. The smallest absolute Gasteiger partial charge is 0.338 e. The van der Waals surface area contributed by atoms with Crippen molar-refractivity contribution in [1.29, 1.82) is 0 Å². The summed E-state index contributed by atoms with van der Waals surface area (Å²) in [5, 5.41) is 14.0. The molecule has 1 amide bonds. The van der Waals surface area contributed by atoms with Crippen LogP contribution in [0.25, 0.3) is 0 Å². The summed E-state index contributed by atoms with van der Waals surface area (Å²) in [5.74, 6) is -1.32. The van der Waals surface area contributed by atoms with Crippen LogP contribution in [-0.2, 0) is 4.74 Å². The maximum Gasteiger partial charge on any atom is 0.338 e. The van der Waals surface area contributed by atoms with Crippen LogP contribution in [0.2, 0.25) is 5.02 Å². The molecule has 4 aromatic rings. The topological polar surface area (TPSA) is 125 Å². The van der Waals surface area contributed by atoms with Crippen molar-refractivity contribution in [2.24, 2.45) is 0 Å². The van der Waals surface area contributed by atoms with Gasteiger partial charge in [-0.25, -0.2) is 4.79 Å². The summed E-state index contributed by atoms with van der Waals surface area (Å²) >= 11 is 6.04. The number of esters is 1. The molecule has 0 fully saturated rings. The number of nitro benzene ring substituents is 1. The average Bonchev–Trinajstić information content (AvgIpc) is 2.93. The number of nitro groups is 1. The summed E-state index contributed by atoms with van der Waals surface area (Å²) in [7, 11) is 0. The molecule has 0 aromatic heterocycles. The minimum absolute atomic E-state index is 0.0675. The molecule has 1 N–H and O–H groups in total. The van der Waals surface area contributed by atoms with E-state index in [0.717, 1.165) is 5.56 Å². The maximum atomic E-state index is 12.5. The van der Waals surface area contributed by atoms with Crippen LogP contribution in [0.15, 0.2) is 91.0 Å². The van der Waals surface area contributed by atoms with Crippen LogP contribution in [0.3, 0.4) is 0 Å². The molecular weight excluding hydrogens is 524 g/mol. The number of rotatable bonds is 9. The number of hydrogen-bond donors (Lipinski definition) is 1. The Morgan fingerprint density at radius 1 is 0.846 bits per heavy atom. The van der Waals surface area contributed by atoms with Gasteiger partial charge in [0.2, 0.25) is 5.75 Å². The zero-order chi connectivity index (χ0) is 27.9. The third kappa shape index (κ3) is 6.85. The lowest BCUT2D eigenvalue weighted by atomic mass is 10.1. The second-order valence-electron chi connectivity index (χ2n) is 8.37. The van der Waals surface area contributed by atoms with Crippen LogP contribution in [0.4, 0.5) is 11.4 Å². The lowest BCUT2D eigenvalue weighted by molar-refractivity contribution is -0.385. The standard InChI is InChI=1S/C29H21ClN2O7/c1-18-5-7-20(8-6-18)28(34)31-22-13-9-21(10-14-22)29(35)38-17-26(33)19-11-15-23(16-12-19)39-27-24(30)3-2-4-25(27)32(36)37/h2-16H,17H2,1H3,(H,31,34). The van der Waals surface area contributed by atoms with Crippen molar-refractivity contribution in [2.45, 2.75) is 6.92 Å². The van der Waals surface area contributed by atoms with Gasteiger partial charge in [-0.2, -0.15) is 0 Å². The molecule has 0 aliphatic heterocycles. The highest BCUT2D eigenvalue weighted by Gasteiger charge is 2.19. The first-order valence-electron chi connectivity index (χ1n) is 11.6. The Morgan fingerprint density at radius 3 is 2.10 bits per heavy atom. The number of carbonyl (C=O) groups is 3. The number of nitrogens with one attached hydrogen (secondary N) is 1. The van der Waals surface area contributed by atoms with Crippen molar-refractivity contribution in [1.82, 2.24) is 0 Å². The van der Waals surface area contributed by atoms with E-state index in [1.165, 1.54) is 54.6 Å². The van der Waals surface area contributed by atoms with Crippen molar-refractivity contribution in [3.63, 3.8) is 0 Å². The van der Waals surface area contributed by atoms with Crippen LogP contribution >= 0.6 is 11.6 Å². The average molecular weight is 545 g/mol. The lowest BCUT2D eigenvalue weighted by Gasteiger charge is -2.09. The lowest BCUT2D eigenvalue weighted by Crippen LogP contribution is -2.15. The fourth-order valence-electron chi connectivity index (χ4n) is 3.46. The van der Waals surface area contributed by atoms with Gasteiger partial charge in [-0.3, -0.25) is 19.7 Å². The Kier molecular flexibility index (Phi) is 8.33. The summed E-state index contributed by atoms with van der Waals surface area (Å²) in [6.45, 7) is 1.43. The largest absolute Gasteiger partial charge is 0.454 e. The zero-order valence-electron chi connectivity index (χ0n) is 20.6. The van der Waals surface area contributed by atoms with E-state index in [1.54, 1.807) is 24.3 Å². The molecule has 0 heterocycles. The summed E-state index contributed by atoms with van der Waals surface area (Å²) < 4.78 is 10.7. The van der Waals surface area contributed by atoms with Crippen LogP contribution < -0.4 is 10.1 Å². The number of benzene rings is 4. The summed E-state index contributed by atoms with van der Waals surface area (Å²) in [4.78, 5) is 47.9. The Morgan fingerprint density at radius 2 is 1.46 bits per heavy atom. The molecule has 4 aromatic carbocycles. The number of anilines is 1. The Hall–Kier alpha value is -5.02. The van der Waals surface area contributed by atoms with Crippen molar-refractivity contribution < 1.29 is 28.8 Å². The number of Topliss-reactive ketones (excluding diaryl/α,β-unsaturated/α-hetero) is 1. The van der Waals surface area contributed by atoms with Crippen LogP contribution in [0, 0.1) is 17.0 Å². The molecule has 9 nitrogen and oxygen atoms in total. The van der Waals surface area contributed by atoms with Gasteiger partial charge in [-0.1, -0.05) is 35.4 Å². The minimum atomic E-state index is -0.703. The molecule has 0 aliphatic rings. The predicted molar refractivity (Wildman–Crippen MR) is 145 cm³/mol. The number of nitrogens with zero attached hydrogens (tertiary/aromatic N) is 1.